The van der Waals surface area contributed by atoms with Crippen molar-refractivity contribution in [2.45, 2.75) is 19.0 Å². The lowest BCUT2D eigenvalue weighted by Gasteiger charge is -2.39. The molecule has 2 nitrogen and oxygen atoms in total. The van der Waals surface area contributed by atoms with E-state index < -0.39 is 5.92 Å². The summed E-state index contributed by atoms with van der Waals surface area (Å²) in [6.07, 6.45) is 0. The molecule has 0 unspecified atom stereocenters. The molecule has 0 saturated carbocycles. The Bertz CT molecular complexity index is 388. The van der Waals surface area contributed by atoms with Gasteiger partial charge in [-0.25, -0.2) is 8.78 Å². The van der Waals surface area contributed by atoms with Gasteiger partial charge in [-0.2, -0.15) is 0 Å². The number of hydrogen-bond donors (Lipinski definition) is 1. The highest BCUT2D eigenvalue weighted by molar-refractivity contribution is 6.30. The lowest BCUT2D eigenvalue weighted by Crippen LogP contribution is -2.55. The molecule has 0 spiro atoms. The van der Waals surface area contributed by atoms with Crippen molar-refractivity contribution in [2.24, 2.45) is 5.73 Å². The summed E-state index contributed by atoms with van der Waals surface area (Å²) in [5.41, 5.74) is 7.48. The average molecular weight is 247 g/mol. The molecule has 1 heterocycles. The van der Waals surface area contributed by atoms with Crippen LogP contribution >= 0.6 is 11.6 Å². The quantitative estimate of drug-likeness (QED) is 0.887. The first kappa shape index (κ1) is 11.8. The highest BCUT2D eigenvalue weighted by Gasteiger charge is 2.43. The first-order valence-electron chi connectivity index (χ1n) is 5.08. The Hall–Kier alpha value is -0.710. The van der Waals surface area contributed by atoms with Gasteiger partial charge < -0.3 is 5.73 Å². The van der Waals surface area contributed by atoms with Crippen molar-refractivity contribution >= 4 is 11.6 Å². The van der Waals surface area contributed by atoms with E-state index in [4.69, 9.17) is 17.3 Å². The van der Waals surface area contributed by atoms with Gasteiger partial charge in [-0.1, -0.05) is 17.7 Å². The van der Waals surface area contributed by atoms with Gasteiger partial charge in [-0.15, -0.1) is 0 Å². The summed E-state index contributed by atoms with van der Waals surface area (Å²) in [6.45, 7) is 0.554. The van der Waals surface area contributed by atoms with Crippen LogP contribution in [0.25, 0.3) is 0 Å². The van der Waals surface area contributed by atoms with Gasteiger partial charge in [-0.3, -0.25) is 4.90 Å². The Labute approximate surface area is 98.0 Å². The molecule has 88 valence electrons. The molecule has 0 radical (unpaired) electrons. The number of nitrogens with zero attached hydrogens (tertiary/aromatic N) is 1. The number of likely N-dealkylation sites (tertiary alicyclic amines) is 1. The Morgan fingerprint density at radius 3 is 2.56 bits per heavy atom. The summed E-state index contributed by atoms with van der Waals surface area (Å²) in [4.78, 5) is 1.70. The molecule has 0 aromatic heterocycles. The highest BCUT2D eigenvalue weighted by Crippen LogP contribution is 2.29. The number of rotatable bonds is 3. The first-order chi connectivity index (χ1) is 7.50. The summed E-state index contributed by atoms with van der Waals surface area (Å²) in [5, 5.41) is 0.623. The molecule has 2 N–H and O–H groups in total. The Balaban J connectivity index is 2.05. The molecule has 1 fully saturated rings. The molecule has 1 saturated heterocycles. The molecular formula is C11H13ClF2N2. The van der Waals surface area contributed by atoms with Crippen molar-refractivity contribution in [3.8, 4) is 0 Å². The van der Waals surface area contributed by atoms with E-state index in [9.17, 15) is 8.78 Å². The summed E-state index contributed by atoms with van der Waals surface area (Å²) >= 11 is 5.84. The second-order valence-corrected chi connectivity index (χ2v) is 4.55. The maximum atomic E-state index is 12.7. The zero-order valence-electron chi connectivity index (χ0n) is 8.72. The van der Waals surface area contributed by atoms with E-state index in [1.54, 1.807) is 17.0 Å². The molecule has 0 aliphatic carbocycles. The maximum absolute atomic E-state index is 12.7. The van der Waals surface area contributed by atoms with Crippen molar-refractivity contribution in [3.05, 3.63) is 34.3 Å². The predicted octanol–water partition coefficient (Wildman–Crippen LogP) is 2.25. The normalized spacial score (nSPS) is 19.5. The zero-order valence-corrected chi connectivity index (χ0v) is 9.47. The number of halogens is 3. The van der Waals surface area contributed by atoms with Crippen LogP contribution in [0.3, 0.4) is 0 Å². The minimum atomic E-state index is -2.52. The van der Waals surface area contributed by atoms with Gasteiger partial charge in [-0.05, 0) is 23.3 Å². The first-order valence-corrected chi connectivity index (χ1v) is 5.45. The van der Waals surface area contributed by atoms with E-state index >= 15 is 0 Å². The van der Waals surface area contributed by atoms with Gasteiger partial charge in [0.15, 0.2) is 0 Å². The SMILES string of the molecule is NCc1cc(Cl)ccc1CN1CC(F)(F)C1. The summed E-state index contributed by atoms with van der Waals surface area (Å²) < 4.78 is 25.3. The van der Waals surface area contributed by atoms with E-state index in [1.165, 1.54) is 0 Å². The van der Waals surface area contributed by atoms with Gasteiger partial charge in [0.25, 0.3) is 5.92 Å². The fourth-order valence-corrected chi connectivity index (χ4v) is 2.09. The lowest BCUT2D eigenvalue weighted by molar-refractivity contribution is -0.133. The van der Waals surface area contributed by atoms with E-state index in [0.29, 0.717) is 18.1 Å². The van der Waals surface area contributed by atoms with Crippen molar-refractivity contribution in [2.75, 3.05) is 13.1 Å². The second kappa shape index (κ2) is 4.28. The zero-order chi connectivity index (χ0) is 11.8. The average Bonchev–Trinajstić information content (AvgIpc) is 2.18. The van der Waals surface area contributed by atoms with Gasteiger partial charge in [0, 0.05) is 18.1 Å². The third kappa shape index (κ3) is 2.51. The summed E-state index contributed by atoms with van der Waals surface area (Å²) in [6, 6.07) is 5.39. The molecule has 16 heavy (non-hydrogen) atoms. The minimum Gasteiger partial charge on any atom is -0.326 e. The number of alkyl halides is 2. The van der Waals surface area contributed by atoms with Crippen LogP contribution in [0.1, 0.15) is 11.1 Å². The molecule has 5 heteroatoms. The molecule has 0 amide bonds. The number of hydrogen-bond acceptors (Lipinski definition) is 2. The standard InChI is InChI=1S/C11H13ClF2N2/c12-10-2-1-8(9(3-10)4-15)5-16-6-11(13,14)7-16/h1-3H,4-7,15H2. The predicted molar refractivity (Wildman–Crippen MR) is 59.6 cm³/mol. The van der Waals surface area contributed by atoms with E-state index in [2.05, 4.69) is 0 Å². The molecule has 0 atom stereocenters. The van der Waals surface area contributed by atoms with Crippen LogP contribution in [0.2, 0.25) is 5.02 Å². The minimum absolute atomic E-state index is 0.167. The van der Waals surface area contributed by atoms with Gasteiger partial charge in [0.1, 0.15) is 0 Å². The molecule has 1 aromatic carbocycles. The molecular weight excluding hydrogens is 234 g/mol. The molecule has 0 bridgehead atoms. The van der Waals surface area contributed by atoms with Crippen LogP contribution in [0, 0.1) is 0 Å². The number of benzene rings is 1. The van der Waals surface area contributed by atoms with Gasteiger partial charge >= 0.3 is 0 Å². The van der Waals surface area contributed by atoms with Crippen molar-refractivity contribution in [3.63, 3.8) is 0 Å². The van der Waals surface area contributed by atoms with Crippen molar-refractivity contribution in [1.29, 1.82) is 0 Å². The van der Waals surface area contributed by atoms with Gasteiger partial charge in [0.05, 0.1) is 13.1 Å². The molecule has 2 rings (SSSR count). The van der Waals surface area contributed by atoms with E-state index in [1.807, 2.05) is 6.07 Å². The summed E-state index contributed by atoms with van der Waals surface area (Å²) in [5.74, 6) is -2.52. The topological polar surface area (TPSA) is 29.3 Å². The Morgan fingerprint density at radius 1 is 1.31 bits per heavy atom. The number of nitrogens with two attached hydrogens (primary N) is 1. The largest absolute Gasteiger partial charge is 0.326 e. The lowest BCUT2D eigenvalue weighted by atomic mass is 10.0. The van der Waals surface area contributed by atoms with Crippen LogP contribution in [0.15, 0.2) is 18.2 Å². The monoisotopic (exact) mass is 246 g/mol. The fourth-order valence-electron chi connectivity index (χ4n) is 1.90. The second-order valence-electron chi connectivity index (χ2n) is 4.12. The highest BCUT2D eigenvalue weighted by atomic mass is 35.5. The maximum Gasteiger partial charge on any atom is 0.272 e. The third-order valence-corrected chi connectivity index (χ3v) is 2.93. The fraction of sp³-hybridized carbons (Fsp3) is 0.455. The van der Waals surface area contributed by atoms with E-state index in [-0.39, 0.29) is 13.1 Å². The molecule has 1 aromatic rings. The Kier molecular flexibility index (Phi) is 3.15. The third-order valence-electron chi connectivity index (χ3n) is 2.69. The van der Waals surface area contributed by atoms with Crippen LogP contribution in [0.5, 0.6) is 0 Å². The van der Waals surface area contributed by atoms with Crippen LogP contribution < -0.4 is 5.73 Å². The Morgan fingerprint density at radius 2 is 2.00 bits per heavy atom. The van der Waals surface area contributed by atoms with E-state index in [0.717, 1.165) is 11.1 Å². The smallest absolute Gasteiger partial charge is 0.272 e. The van der Waals surface area contributed by atoms with Crippen LogP contribution in [-0.2, 0) is 13.1 Å². The molecule has 1 aliphatic heterocycles. The van der Waals surface area contributed by atoms with Crippen LogP contribution in [0.4, 0.5) is 8.78 Å². The van der Waals surface area contributed by atoms with Gasteiger partial charge in [0.2, 0.25) is 0 Å². The molecule has 1 aliphatic rings. The van der Waals surface area contributed by atoms with Crippen molar-refractivity contribution in [1.82, 2.24) is 4.90 Å². The van der Waals surface area contributed by atoms with Crippen LogP contribution in [-0.4, -0.2) is 23.9 Å². The van der Waals surface area contributed by atoms with Crippen molar-refractivity contribution < 1.29 is 8.78 Å². The summed E-state index contributed by atoms with van der Waals surface area (Å²) in [7, 11) is 0.